The zero-order valence-electron chi connectivity index (χ0n) is 11.3. The number of carboxylic acid groups (broad SMARTS) is 1. The van der Waals surface area contributed by atoms with Crippen LogP contribution in [0.4, 0.5) is 16.2 Å². The van der Waals surface area contributed by atoms with E-state index in [9.17, 15) is 14.4 Å². The monoisotopic (exact) mass is 279 g/mol. The van der Waals surface area contributed by atoms with Gasteiger partial charge in [0.05, 0.1) is 11.3 Å². The average Bonchev–Trinajstić information content (AvgIpc) is 2.37. The molecule has 0 heterocycles. The fraction of sp³-hybridized carbons (Fsp3) is 0.308. The van der Waals surface area contributed by atoms with Crippen LogP contribution in [0.2, 0.25) is 0 Å². The molecule has 7 nitrogen and oxygen atoms in total. The van der Waals surface area contributed by atoms with Crippen molar-refractivity contribution in [1.29, 1.82) is 0 Å². The molecule has 20 heavy (non-hydrogen) atoms. The summed E-state index contributed by atoms with van der Waals surface area (Å²) in [7, 11) is 0. The Hall–Kier alpha value is -2.57. The molecule has 0 aromatic heterocycles. The van der Waals surface area contributed by atoms with Crippen molar-refractivity contribution in [1.82, 2.24) is 5.32 Å². The maximum Gasteiger partial charge on any atom is 0.337 e. The Bertz CT molecular complexity index is 528. The summed E-state index contributed by atoms with van der Waals surface area (Å²) in [5.41, 5.74) is 0.428. The fourth-order valence-corrected chi connectivity index (χ4v) is 1.52. The van der Waals surface area contributed by atoms with E-state index in [1.54, 1.807) is 0 Å². The number of carbonyl (C=O) groups excluding carboxylic acids is 2. The van der Waals surface area contributed by atoms with E-state index in [4.69, 9.17) is 5.11 Å². The van der Waals surface area contributed by atoms with Crippen LogP contribution in [0.25, 0.3) is 0 Å². The molecule has 7 heteroatoms. The Morgan fingerprint density at radius 3 is 2.45 bits per heavy atom. The van der Waals surface area contributed by atoms with Gasteiger partial charge < -0.3 is 21.1 Å². The lowest BCUT2D eigenvalue weighted by Crippen LogP contribution is -2.29. The summed E-state index contributed by atoms with van der Waals surface area (Å²) in [6.45, 7) is 3.73. The number of carbonyl (C=O) groups is 3. The molecule has 0 spiro atoms. The molecule has 0 radical (unpaired) electrons. The first-order valence-corrected chi connectivity index (χ1v) is 6.13. The minimum Gasteiger partial charge on any atom is -0.478 e. The number of anilines is 2. The van der Waals surface area contributed by atoms with Crippen LogP contribution < -0.4 is 16.0 Å². The van der Waals surface area contributed by atoms with Crippen LogP contribution in [0, 0.1) is 0 Å². The minimum absolute atomic E-state index is 0.0945. The predicted molar refractivity (Wildman–Crippen MR) is 75.0 cm³/mol. The second kappa shape index (κ2) is 7.13. The van der Waals surface area contributed by atoms with E-state index in [1.165, 1.54) is 25.1 Å². The van der Waals surface area contributed by atoms with Gasteiger partial charge in [0.1, 0.15) is 0 Å². The van der Waals surface area contributed by atoms with Crippen molar-refractivity contribution < 1.29 is 19.5 Å². The maximum absolute atomic E-state index is 11.5. The van der Waals surface area contributed by atoms with Crippen LogP contribution in [-0.4, -0.2) is 29.6 Å². The Morgan fingerprint density at radius 2 is 1.90 bits per heavy atom. The third-order valence-electron chi connectivity index (χ3n) is 2.35. The molecule has 4 N–H and O–H groups in total. The molecule has 1 aromatic carbocycles. The molecule has 0 saturated heterocycles. The van der Waals surface area contributed by atoms with Crippen molar-refractivity contribution in [2.45, 2.75) is 20.3 Å². The van der Waals surface area contributed by atoms with Gasteiger partial charge >= 0.3 is 12.0 Å². The molecule has 3 amide bonds. The molecule has 0 saturated carbocycles. The molecule has 0 aliphatic heterocycles. The third kappa shape index (κ3) is 4.60. The Balaban J connectivity index is 2.92. The number of carboxylic acids is 1. The van der Waals surface area contributed by atoms with Crippen molar-refractivity contribution in [3.8, 4) is 0 Å². The number of urea groups is 1. The number of benzene rings is 1. The van der Waals surface area contributed by atoms with Crippen LogP contribution in [0.5, 0.6) is 0 Å². The first-order chi connectivity index (χ1) is 9.43. The predicted octanol–water partition coefficient (Wildman–Crippen LogP) is 1.87. The normalized spacial score (nSPS) is 9.70. The topological polar surface area (TPSA) is 108 Å². The van der Waals surface area contributed by atoms with Gasteiger partial charge in [-0.1, -0.05) is 6.92 Å². The molecule has 0 fully saturated rings. The molecule has 1 aromatic rings. The van der Waals surface area contributed by atoms with Gasteiger partial charge in [-0.3, -0.25) is 4.79 Å². The second-order valence-corrected chi connectivity index (χ2v) is 4.13. The van der Waals surface area contributed by atoms with Crippen LogP contribution in [0.1, 0.15) is 30.6 Å². The highest BCUT2D eigenvalue weighted by Crippen LogP contribution is 2.20. The molecule has 108 valence electrons. The van der Waals surface area contributed by atoms with E-state index in [1.807, 2.05) is 6.92 Å². The van der Waals surface area contributed by atoms with Crippen LogP contribution in [0.3, 0.4) is 0 Å². The van der Waals surface area contributed by atoms with Crippen molar-refractivity contribution in [3.05, 3.63) is 23.8 Å². The van der Waals surface area contributed by atoms with E-state index < -0.39 is 12.0 Å². The number of nitrogens with one attached hydrogen (secondary N) is 3. The van der Waals surface area contributed by atoms with Crippen LogP contribution >= 0.6 is 0 Å². The maximum atomic E-state index is 11.5. The highest BCUT2D eigenvalue weighted by Gasteiger charge is 2.13. The second-order valence-electron chi connectivity index (χ2n) is 4.13. The number of rotatable bonds is 5. The van der Waals surface area contributed by atoms with E-state index in [-0.39, 0.29) is 17.2 Å². The molecule has 0 unspecified atom stereocenters. The lowest BCUT2D eigenvalue weighted by atomic mass is 10.1. The first-order valence-electron chi connectivity index (χ1n) is 6.13. The SMILES string of the molecule is CCCNC(=O)Nc1ccc(NC(C)=O)cc1C(=O)O. The summed E-state index contributed by atoms with van der Waals surface area (Å²) in [5.74, 6) is -1.49. The van der Waals surface area contributed by atoms with Gasteiger partial charge in [0.25, 0.3) is 0 Å². The molecule has 1 rings (SSSR count). The number of hydrogen-bond acceptors (Lipinski definition) is 3. The van der Waals surface area contributed by atoms with Crippen molar-refractivity contribution in [3.63, 3.8) is 0 Å². The van der Waals surface area contributed by atoms with Crippen molar-refractivity contribution in [2.24, 2.45) is 0 Å². The third-order valence-corrected chi connectivity index (χ3v) is 2.35. The summed E-state index contributed by atoms with van der Waals surface area (Å²) in [5, 5.41) is 16.7. The Labute approximate surface area is 116 Å². The Morgan fingerprint density at radius 1 is 1.20 bits per heavy atom. The smallest absolute Gasteiger partial charge is 0.337 e. The minimum atomic E-state index is -1.19. The van der Waals surface area contributed by atoms with E-state index in [0.29, 0.717) is 12.2 Å². The van der Waals surface area contributed by atoms with Gasteiger partial charge in [0.15, 0.2) is 0 Å². The number of aromatic carboxylic acids is 1. The van der Waals surface area contributed by atoms with Crippen LogP contribution in [0.15, 0.2) is 18.2 Å². The molecule has 0 aliphatic carbocycles. The number of hydrogen-bond donors (Lipinski definition) is 4. The van der Waals surface area contributed by atoms with Gasteiger partial charge in [0, 0.05) is 19.2 Å². The van der Waals surface area contributed by atoms with Gasteiger partial charge in [-0.25, -0.2) is 9.59 Å². The summed E-state index contributed by atoms with van der Waals surface area (Å²) in [6, 6.07) is 3.77. The zero-order chi connectivity index (χ0) is 15.1. The molecule has 0 bridgehead atoms. The zero-order valence-corrected chi connectivity index (χ0v) is 11.3. The summed E-state index contributed by atoms with van der Waals surface area (Å²) < 4.78 is 0. The standard InChI is InChI=1S/C13H17N3O4/c1-3-6-14-13(20)16-11-5-4-9(15-8(2)17)7-10(11)12(18)19/h4-5,7H,3,6H2,1-2H3,(H,15,17)(H,18,19)(H2,14,16,20). The van der Waals surface area contributed by atoms with E-state index in [2.05, 4.69) is 16.0 Å². The van der Waals surface area contributed by atoms with Gasteiger partial charge in [-0.2, -0.15) is 0 Å². The molecule has 0 aliphatic rings. The fourth-order valence-electron chi connectivity index (χ4n) is 1.52. The quantitative estimate of drug-likeness (QED) is 0.660. The summed E-state index contributed by atoms with van der Waals surface area (Å²) >= 11 is 0. The van der Waals surface area contributed by atoms with E-state index >= 15 is 0 Å². The van der Waals surface area contributed by atoms with Crippen molar-refractivity contribution >= 4 is 29.3 Å². The largest absolute Gasteiger partial charge is 0.478 e. The molecular weight excluding hydrogens is 262 g/mol. The summed E-state index contributed by atoms with van der Waals surface area (Å²) in [6.07, 6.45) is 0.778. The molecular formula is C13H17N3O4. The van der Waals surface area contributed by atoms with Crippen LogP contribution in [-0.2, 0) is 4.79 Å². The highest BCUT2D eigenvalue weighted by atomic mass is 16.4. The average molecular weight is 279 g/mol. The van der Waals surface area contributed by atoms with Crippen molar-refractivity contribution in [2.75, 3.05) is 17.2 Å². The lowest BCUT2D eigenvalue weighted by molar-refractivity contribution is -0.114. The first kappa shape index (κ1) is 15.5. The number of amides is 3. The lowest BCUT2D eigenvalue weighted by Gasteiger charge is -2.11. The Kier molecular flexibility index (Phi) is 5.52. The summed E-state index contributed by atoms with van der Waals surface area (Å²) in [4.78, 5) is 33.6. The van der Waals surface area contributed by atoms with Gasteiger partial charge in [-0.15, -0.1) is 0 Å². The van der Waals surface area contributed by atoms with E-state index in [0.717, 1.165) is 6.42 Å². The van der Waals surface area contributed by atoms with Gasteiger partial charge in [0.2, 0.25) is 5.91 Å². The highest BCUT2D eigenvalue weighted by molar-refractivity contribution is 6.01. The van der Waals surface area contributed by atoms with Gasteiger partial charge in [-0.05, 0) is 24.6 Å². The molecule has 0 atom stereocenters.